The Kier molecular flexibility index (Phi) is 11.3. The van der Waals surface area contributed by atoms with Gasteiger partial charge in [-0.3, -0.25) is 4.79 Å². The molecule has 31 heavy (non-hydrogen) atoms. The first-order chi connectivity index (χ1) is 15.1. The normalized spacial score (nSPS) is 11.1. The Hall–Kier alpha value is -2.79. The van der Waals surface area contributed by atoms with Crippen molar-refractivity contribution in [3.05, 3.63) is 60.2 Å². The van der Waals surface area contributed by atoms with Gasteiger partial charge in [-0.1, -0.05) is 49.9 Å². The number of carbonyl (C=O) groups excluding carboxylic acids is 1. The SMILES string of the molecule is COc1cc(/C=C/C(=O)Nc2ccccc2)ccc1OCCCCCCCCN(C)C. The van der Waals surface area contributed by atoms with Crippen LogP contribution >= 0.6 is 0 Å². The molecule has 0 radical (unpaired) electrons. The largest absolute Gasteiger partial charge is 0.493 e. The Morgan fingerprint density at radius 3 is 2.35 bits per heavy atom. The number of ether oxygens (including phenoxy) is 2. The van der Waals surface area contributed by atoms with E-state index in [2.05, 4.69) is 24.3 Å². The standard InChI is InChI=1S/C26H36N2O3/c1-28(2)19-11-6-4-5-7-12-20-31-24-17-15-22(21-25(24)30-3)16-18-26(29)27-23-13-9-8-10-14-23/h8-10,13-18,21H,4-7,11-12,19-20H2,1-3H3,(H,27,29)/b18-16+. The second kappa shape index (κ2) is 14.3. The van der Waals surface area contributed by atoms with Crippen LogP contribution in [0.15, 0.2) is 54.6 Å². The number of benzene rings is 2. The van der Waals surface area contributed by atoms with Crippen LogP contribution in [0.2, 0.25) is 0 Å². The summed E-state index contributed by atoms with van der Waals surface area (Å²) in [5, 5.41) is 2.83. The predicted molar refractivity (Wildman–Crippen MR) is 129 cm³/mol. The third kappa shape index (κ3) is 10.2. The molecule has 0 atom stereocenters. The van der Waals surface area contributed by atoms with E-state index >= 15 is 0 Å². The Morgan fingerprint density at radius 1 is 0.935 bits per heavy atom. The smallest absolute Gasteiger partial charge is 0.248 e. The molecule has 2 aromatic rings. The summed E-state index contributed by atoms with van der Waals surface area (Å²) in [5.41, 5.74) is 1.65. The number of methoxy groups -OCH3 is 1. The van der Waals surface area contributed by atoms with E-state index in [1.54, 1.807) is 13.2 Å². The van der Waals surface area contributed by atoms with Gasteiger partial charge in [0.2, 0.25) is 5.91 Å². The molecule has 168 valence electrons. The molecule has 1 N–H and O–H groups in total. The van der Waals surface area contributed by atoms with Gasteiger partial charge >= 0.3 is 0 Å². The summed E-state index contributed by atoms with van der Waals surface area (Å²) in [7, 11) is 5.87. The Balaban J connectivity index is 1.72. The van der Waals surface area contributed by atoms with E-state index in [9.17, 15) is 4.79 Å². The highest BCUT2D eigenvalue weighted by molar-refractivity contribution is 6.01. The molecule has 0 fully saturated rings. The summed E-state index contributed by atoms with van der Waals surface area (Å²) >= 11 is 0. The van der Waals surface area contributed by atoms with Gasteiger partial charge in [0, 0.05) is 11.8 Å². The van der Waals surface area contributed by atoms with E-state index in [1.807, 2.05) is 48.5 Å². The first-order valence-electron chi connectivity index (χ1n) is 11.1. The zero-order valence-electron chi connectivity index (χ0n) is 19.1. The van der Waals surface area contributed by atoms with Crippen molar-refractivity contribution >= 4 is 17.7 Å². The number of hydrogen-bond donors (Lipinski definition) is 1. The molecule has 0 aromatic heterocycles. The average Bonchev–Trinajstić information content (AvgIpc) is 2.77. The van der Waals surface area contributed by atoms with E-state index < -0.39 is 0 Å². The van der Waals surface area contributed by atoms with Crippen LogP contribution in [0.1, 0.15) is 44.1 Å². The van der Waals surface area contributed by atoms with Gasteiger partial charge in [-0.15, -0.1) is 0 Å². The number of rotatable bonds is 14. The summed E-state index contributed by atoms with van der Waals surface area (Å²) in [6.45, 7) is 1.86. The summed E-state index contributed by atoms with van der Waals surface area (Å²) in [5.74, 6) is 1.24. The number of anilines is 1. The van der Waals surface area contributed by atoms with Crippen molar-refractivity contribution in [2.75, 3.05) is 39.7 Å². The van der Waals surface area contributed by atoms with Crippen LogP contribution in [0, 0.1) is 0 Å². The molecule has 0 unspecified atom stereocenters. The predicted octanol–water partition coefficient (Wildman–Crippen LogP) is 5.63. The van der Waals surface area contributed by atoms with Crippen LogP contribution in [0.4, 0.5) is 5.69 Å². The maximum atomic E-state index is 12.1. The highest BCUT2D eigenvalue weighted by atomic mass is 16.5. The van der Waals surface area contributed by atoms with Crippen molar-refractivity contribution in [3.63, 3.8) is 0 Å². The van der Waals surface area contributed by atoms with E-state index in [1.165, 1.54) is 44.7 Å². The Morgan fingerprint density at radius 2 is 1.65 bits per heavy atom. The van der Waals surface area contributed by atoms with Gasteiger partial charge in [0.05, 0.1) is 13.7 Å². The maximum absolute atomic E-state index is 12.1. The first-order valence-corrected chi connectivity index (χ1v) is 11.1. The van der Waals surface area contributed by atoms with Crippen molar-refractivity contribution in [3.8, 4) is 11.5 Å². The maximum Gasteiger partial charge on any atom is 0.248 e. The average molecular weight is 425 g/mol. The van der Waals surface area contributed by atoms with Crippen LogP contribution in [-0.4, -0.2) is 45.2 Å². The molecule has 0 spiro atoms. The number of hydrogen-bond acceptors (Lipinski definition) is 4. The molecule has 0 aliphatic rings. The minimum absolute atomic E-state index is 0.174. The van der Waals surface area contributed by atoms with Gasteiger partial charge in [-0.05, 0) is 69.4 Å². The van der Waals surface area contributed by atoms with E-state index in [0.29, 0.717) is 12.4 Å². The molecular formula is C26H36N2O3. The van der Waals surface area contributed by atoms with Crippen LogP contribution in [0.25, 0.3) is 6.08 Å². The molecule has 5 heteroatoms. The van der Waals surface area contributed by atoms with Gasteiger partial charge in [0.25, 0.3) is 0 Å². The lowest BCUT2D eigenvalue weighted by molar-refractivity contribution is -0.111. The summed E-state index contributed by atoms with van der Waals surface area (Å²) in [4.78, 5) is 14.3. The van der Waals surface area contributed by atoms with Crippen LogP contribution < -0.4 is 14.8 Å². The number of carbonyl (C=O) groups is 1. The molecule has 2 aromatic carbocycles. The van der Waals surface area contributed by atoms with Crippen LogP contribution in [-0.2, 0) is 4.79 Å². The highest BCUT2D eigenvalue weighted by Gasteiger charge is 2.05. The lowest BCUT2D eigenvalue weighted by atomic mass is 10.1. The quantitative estimate of drug-likeness (QED) is 0.315. The highest BCUT2D eigenvalue weighted by Crippen LogP contribution is 2.29. The third-order valence-electron chi connectivity index (χ3n) is 4.91. The van der Waals surface area contributed by atoms with E-state index in [0.717, 1.165) is 23.4 Å². The van der Waals surface area contributed by atoms with Crippen molar-refractivity contribution in [2.45, 2.75) is 38.5 Å². The van der Waals surface area contributed by atoms with Crippen molar-refractivity contribution < 1.29 is 14.3 Å². The van der Waals surface area contributed by atoms with Gasteiger partial charge in [0.1, 0.15) is 0 Å². The zero-order chi connectivity index (χ0) is 22.3. The summed E-state index contributed by atoms with van der Waals surface area (Å²) in [6.07, 6.45) is 10.6. The monoisotopic (exact) mass is 424 g/mol. The van der Waals surface area contributed by atoms with Crippen LogP contribution in [0.3, 0.4) is 0 Å². The van der Waals surface area contributed by atoms with Crippen molar-refractivity contribution in [1.82, 2.24) is 4.90 Å². The lowest BCUT2D eigenvalue weighted by Gasteiger charge is -2.11. The molecule has 0 aliphatic carbocycles. The van der Waals surface area contributed by atoms with Crippen molar-refractivity contribution in [1.29, 1.82) is 0 Å². The number of para-hydroxylation sites is 1. The molecule has 1 amide bonds. The van der Waals surface area contributed by atoms with Gasteiger partial charge in [-0.25, -0.2) is 0 Å². The fraction of sp³-hybridized carbons (Fsp3) is 0.423. The number of unbranched alkanes of at least 4 members (excludes halogenated alkanes) is 5. The van der Waals surface area contributed by atoms with E-state index in [4.69, 9.17) is 9.47 Å². The molecular weight excluding hydrogens is 388 g/mol. The second-order valence-electron chi connectivity index (χ2n) is 7.87. The zero-order valence-corrected chi connectivity index (χ0v) is 19.1. The molecule has 0 aliphatic heterocycles. The third-order valence-corrected chi connectivity index (χ3v) is 4.91. The minimum atomic E-state index is -0.174. The van der Waals surface area contributed by atoms with E-state index in [-0.39, 0.29) is 5.91 Å². The fourth-order valence-electron chi connectivity index (χ4n) is 3.20. The summed E-state index contributed by atoms with van der Waals surface area (Å²) in [6, 6.07) is 15.1. The molecule has 2 rings (SSSR count). The Labute approximate surface area is 187 Å². The van der Waals surface area contributed by atoms with Gasteiger partial charge in [0.15, 0.2) is 11.5 Å². The fourth-order valence-corrected chi connectivity index (χ4v) is 3.20. The van der Waals surface area contributed by atoms with Gasteiger partial charge in [-0.2, -0.15) is 0 Å². The van der Waals surface area contributed by atoms with Gasteiger partial charge < -0.3 is 19.7 Å². The lowest BCUT2D eigenvalue weighted by Crippen LogP contribution is -2.12. The minimum Gasteiger partial charge on any atom is -0.493 e. The number of nitrogens with one attached hydrogen (secondary N) is 1. The number of nitrogens with zero attached hydrogens (tertiary/aromatic N) is 1. The first kappa shape index (κ1) is 24.5. The van der Waals surface area contributed by atoms with Crippen LogP contribution in [0.5, 0.6) is 11.5 Å². The number of amides is 1. The summed E-state index contributed by atoms with van der Waals surface area (Å²) < 4.78 is 11.4. The molecule has 0 saturated heterocycles. The molecule has 0 heterocycles. The molecule has 5 nitrogen and oxygen atoms in total. The molecule has 0 saturated carbocycles. The second-order valence-corrected chi connectivity index (χ2v) is 7.87. The van der Waals surface area contributed by atoms with Crippen molar-refractivity contribution in [2.24, 2.45) is 0 Å². The topological polar surface area (TPSA) is 50.8 Å². The Bertz CT molecular complexity index is 804. The molecule has 0 bridgehead atoms.